The molecule has 184 valence electrons. The van der Waals surface area contributed by atoms with Gasteiger partial charge < -0.3 is 20.7 Å². The molecule has 0 fully saturated rings. The number of halogens is 3. The van der Waals surface area contributed by atoms with Gasteiger partial charge in [-0.25, -0.2) is 8.78 Å². The van der Waals surface area contributed by atoms with E-state index in [9.17, 15) is 18.4 Å². The first kappa shape index (κ1) is 26.1. The molecule has 9 heteroatoms. The van der Waals surface area contributed by atoms with Gasteiger partial charge in [0, 0.05) is 35.4 Å². The lowest BCUT2D eigenvalue weighted by Gasteiger charge is -2.24. The number of hydrogen-bond acceptors (Lipinski definition) is 4. The first-order valence-corrected chi connectivity index (χ1v) is 11.3. The average molecular weight is 502 g/mol. The molecule has 2 amide bonds. The number of rotatable bonds is 10. The average Bonchev–Trinajstić information content (AvgIpc) is 2.83. The maximum Gasteiger partial charge on any atom is 0.254 e. The first-order valence-electron chi connectivity index (χ1n) is 11.0. The van der Waals surface area contributed by atoms with Crippen LogP contribution in [0, 0.1) is 11.6 Å². The molecule has 0 aliphatic rings. The number of nitrogens with one attached hydrogen (secondary N) is 1. The van der Waals surface area contributed by atoms with E-state index in [2.05, 4.69) is 5.32 Å². The van der Waals surface area contributed by atoms with Crippen molar-refractivity contribution in [1.29, 1.82) is 0 Å². The number of hydrogen-bond donors (Lipinski definition) is 2. The van der Waals surface area contributed by atoms with Crippen LogP contribution in [0.2, 0.25) is 5.02 Å². The topological polar surface area (TPSA) is 84.7 Å². The Labute approximate surface area is 207 Å². The highest BCUT2D eigenvalue weighted by atomic mass is 35.5. The molecule has 3 rings (SSSR count). The van der Waals surface area contributed by atoms with Crippen LogP contribution in [-0.2, 0) is 17.8 Å². The maximum absolute atomic E-state index is 13.7. The molecular weight excluding hydrogens is 476 g/mol. The van der Waals surface area contributed by atoms with Gasteiger partial charge in [-0.05, 0) is 66.6 Å². The quantitative estimate of drug-likeness (QED) is 0.418. The molecule has 0 heterocycles. The molecule has 0 aliphatic heterocycles. The molecule has 0 atom stereocenters. The zero-order valence-corrected chi connectivity index (χ0v) is 19.9. The number of ether oxygens (including phenoxy) is 1. The summed E-state index contributed by atoms with van der Waals surface area (Å²) in [5, 5.41) is 3.21. The van der Waals surface area contributed by atoms with Crippen LogP contribution >= 0.6 is 11.6 Å². The van der Waals surface area contributed by atoms with Crippen LogP contribution in [0.1, 0.15) is 27.9 Å². The minimum absolute atomic E-state index is 0.0674. The van der Waals surface area contributed by atoms with Crippen LogP contribution in [0.25, 0.3) is 0 Å². The summed E-state index contributed by atoms with van der Waals surface area (Å²) in [6.07, 6.45) is 0.646. The number of anilines is 1. The van der Waals surface area contributed by atoms with Crippen LogP contribution in [0.15, 0.2) is 60.7 Å². The van der Waals surface area contributed by atoms with E-state index in [-0.39, 0.29) is 31.0 Å². The second kappa shape index (κ2) is 12.3. The van der Waals surface area contributed by atoms with Crippen molar-refractivity contribution in [3.8, 4) is 5.75 Å². The summed E-state index contributed by atoms with van der Waals surface area (Å²) in [7, 11) is 1.57. The van der Waals surface area contributed by atoms with Crippen LogP contribution < -0.4 is 15.8 Å². The molecular formula is C26H26ClF2N3O3. The van der Waals surface area contributed by atoms with E-state index in [1.54, 1.807) is 37.4 Å². The van der Waals surface area contributed by atoms with Crippen molar-refractivity contribution < 1.29 is 23.1 Å². The summed E-state index contributed by atoms with van der Waals surface area (Å²) < 4.78 is 32.5. The predicted octanol–water partition coefficient (Wildman–Crippen LogP) is 4.80. The Bertz CT molecular complexity index is 1170. The third-order valence-corrected chi connectivity index (χ3v) is 5.61. The predicted molar refractivity (Wildman–Crippen MR) is 132 cm³/mol. The molecule has 0 bridgehead atoms. The first-order chi connectivity index (χ1) is 16.8. The zero-order valence-electron chi connectivity index (χ0n) is 19.2. The van der Waals surface area contributed by atoms with Crippen molar-refractivity contribution in [3.05, 3.63) is 94.0 Å². The van der Waals surface area contributed by atoms with Gasteiger partial charge in [0.05, 0.1) is 13.5 Å². The lowest BCUT2D eigenvalue weighted by molar-refractivity contribution is -0.115. The van der Waals surface area contributed by atoms with Gasteiger partial charge >= 0.3 is 0 Å². The number of nitrogens with two attached hydrogens (primary N) is 1. The van der Waals surface area contributed by atoms with Gasteiger partial charge in [-0.1, -0.05) is 23.7 Å². The summed E-state index contributed by atoms with van der Waals surface area (Å²) in [5.74, 6) is -1.76. The molecule has 3 aromatic rings. The number of benzene rings is 3. The van der Waals surface area contributed by atoms with E-state index in [1.165, 1.54) is 4.90 Å². The van der Waals surface area contributed by atoms with E-state index in [0.717, 1.165) is 17.7 Å². The van der Waals surface area contributed by atoms with Gasteiger partial charge in [0.1, 0.15) is 17.4 Å². The molecule has 0 aliphatic carbocycles. The fraction of sp³-hybridized carbons (Fsp3) is 0.231. The van der Waals surface area contributed by atoms with Gasteiger partial charge in [-0.2, -0.15) is 0 Å². The van der Waals surface area contributed by atoms with E-state index in [4.69, 9.17) is 22.1 Å². The minimum Gasteiger partial charge on any atom is -0.497 e. The van der Waals surface area contributed by atoms with E-state index in [1.807, 2.05) is 12.1 Å². The summed E-state index contributed by atoms with van der Waals surface area (Å²) >= 11 is 6.36. The monoisotopic (exact) mass is 501 g/mol. The summed E-state index contributed by atoms with van der Waals surface area (Å²) in [4.78, 5) is 27.0. The minimum atomic E-state index is -0.841. The van der Waals surface area contributed by atoms with E-state index >= 15 is 0 Å². The lowest BCUT2D eigenvalue weighted by atomic mass is 10.1. The molecule has 0 saturated heterocycles. The number of carbonyl (C=O) groups is 2. The van der Waals surface area contributed by atoms with Crippen molar-refractivity contribution in [2.45, 2.75) is 19.4 Å². The fourth-order valence-corrected chi connectivity index (χ4v) is 3.68. The highest BCUT2D eigenvalue weighted by molar-refractivity contribution is 6.31. The number of amides is 2. The Morgan fingerprint density at radius 2 is 1.71 bits per heavy atom. The van der Waals surface area contributed by atoms with Crippen LogP contribution in [-0.4, -0.2) is 36.9 Å². The van der Waals surface area contributed by atoms with Crippen LogP contribution in [0.3, 0.4) is 0 Å². The third kappa shape index (κ3) is 7.50. The standard InChI is InChI=1S/C26H26ClF2N3O3/c1-35-23-6-3-17(4-7-23)11-25(33)31-22-5-8-24(27)19(14-22)16-32(10-2-9-30)26(34)18-12-20(28)15-21(29)13-18/h3-8,12-15H,2,9-11,16,30H2,1H3,(H,31,33). The van der Waals surface area contributed by atoms with Crippen LogP contribution in [0.5, 0.6) is 5.75 Å². The van der Waals surface area contributed by atoms with Crippen molar-refractivity contribution in [1.82, 2.24) is 4.90 Å². The maximum atomic E-state index is 13.7. The molecule has 6 nitrogen and oxygen atoms in total. The Kier molecular flexibility index (Phi) is 9.17. The van der Waals surface area contributed by atoms with Gasteiger partial charge in [0.2, 0.25) is 5.91 Å². The molecule has 3 N–H and O–H groups in total. The summed E-state index contributed by atoms with van der Waals surface area (Å²) in [5.41, 5.74) is 7.38. The van der Waals surface area contributed by atoms with Crippen molar-refractivity contribution in [2.75, 3.05) is 25.5 Å². The Morgan fingerprint density at radius 3 is 2.34 bits per heavy atom. The molecule has 0 saturated carbocycles. The van der Waals surface area contributed by atoms with Crippen LogP contribution in [0.4, 0.5) is 14.5 Å². The van der Waals surface area contributed by atoms with Gasteiger partial charge in [-0.3, -0.25) is 9.59 Å². The zero-order chi connectivity index (χ0) is 25.4. The van der Waals surface area contributed by atoms with E-state index < -0.39 is 17.5 Å². The molecule has 3 aromatic carbocycles. The number of nitrogens with zero attached hydrogens (tertiary/aromatic N) is 1. The second-order valence-electron chi connectivity index (χ2n) is 7.91. The molecule has 0 radical (unpaired) electrons. The highest BCUT2D eigenvalue weighted by Gasteiger charge is 2.19. The van der Waals surface area contributed by atoms with Crippen molar-refractivity contribution in [3.63, 3.8) is 0 Å². The smallest absolute Gasteiger partial charge is 0.254 e. The number of carbonyl (C=O) groups excluding carboxylic acids is 2. The van der Waals surface area contributed by atoms with Crippen molar-refractivity contribution in [2.24, 2.45) is 5.73 Å². The largest absolute Gasteiger partial charge is 0.497 e. The third-order valence-electron chi connectivity index (χ3n) is 5.24. The Morgan fingerprint density at radius 1 is 1.03 bits per heavy atom. The summed E-state index contributed by atoms with van der Waals surface area (Å²) in [6.45, 7) is 0.659. The molecule has 0 unspecified atom stereocenters. The normalized spacial score (nSPS) is 10.7. The number of methoxy groups -OCH3 is 1. The van der Waals surface area contributed by atoms with Gasteiger partial charge in [-0.15, -0.1) is 0 Å². The van der Waals surface area contributed by atoms with Gasteiger partial charge in [0.25, 0.3) is 5.91 Å². The lowest BCUT2D eigenvalue weighted by Crippen LogP contribution is -2.33. The Hall–Kier alpha value is -3.49. The second-order valence-corrected chi connectivity index (χ2v) is 8.31. The fourth-order valence-electron chi connectivity index (χ4n) is 3.51. The summed E-state index contributed by atoms with van der Waals surface area (Å²) in [6, 6.07) is 14.8. The highest BCUT2D eigenvalue weighted by Crippen LogP contribution is 2.24. The van der Waals surface area contributed by atoms with Gasteiger partial charge in [0.15, 0.2) is 0 Å². The Balaban J connectivity index is 1.75. The molecule has 0 spiro atoms. The van der Waals surface area contributed by atoms with E-state index in [0.29, 0.717) is 41.1 Å². The molecule has 0 aromatic heterocycles. The van der Waals surface area contributed by atoms with Crippen molar-refractivity contribution >= 4 is 29.1 Å². The SMILES string of the molecule is COc1ccc(CC(=O)Nc2ccc(Cl)c(CN(CCCN)C(=O)c3cc(F)cc(F)c3)c2)cc1. The molecule has 35 heavy (non-hydrogen) atoms.